The zero-order valence-electron chi connectivity index (χ0n) is 15.7. The second-order valence-electron chi connectivity index (χ2n) is 6.51. The third-order valence-electron chi connectivity index (χ3n) is 3.59. The van der Waals surface area contributed by atoms with E-state index in [4.69, 9.17) is 28.2 Å². The van der Waals surface area contributed by atoms with E-state index in [9.17, 15) is 0 Å². The van der Waals surface area contributed by atoms with Crippen molar-refractivity contribution in [3.8, 4) is 18.1 Å². The highest BCUT2D eigenvalue weighted by atomic mass is 32.1. The molecule has 0 spiro atoms. The van der Waals surface area contributed by atoms with E-state index < -0.39 is 5.54 Å². The molecule has 0 amide bonds. The van der Waals surface area contributed by atoms with Gasteiger partial charge < -0.3 is 14.9 Å². The molecule has 2 rings (SSSR count). The first-order chi connectivity index (χ1) is 12.8. The Balaban J connectivity index is 2.03. The molecule has 0 aliphatic carbocycles. The molecule has 27 heavy (non-hydrogen) atoms. The molecule has 6 heteroatoms. The Labute approximate surface area is 165 Å². The molecular weight excluding hydrogens is 358 g/mol. The Morgan fingerprint density at radius 1 is 1.48 bits per heavy atom. The number of terminal acetylenes is 1. The largest absolute Gasteiger partial charge is 0.484 e. The summed E-state index contributed by atoms with van der Waals surface area (Å²) >= 11 is 5.47. The number of pyridine rings is 1. The van der Waals surface area contributed by atoms with E-state index in [-0.39, 0.29) is 6.10 Å². The van der Waals surface area contributed by atoms with Crippen LogP contribution in [0.25, 0.3) is 10.9 Å². The number of ether oxygens (including phenoxy) is 1. The topological polar surface area (TPSA) is 55.7 Å². The minimum absolute atomic E-state index is 0.331. The molecule has 5 nitrogen and oxygen atoms in total. The van der Waals surface area contributed by atoms with Gasteiger partial charge in [-0.15, -0.1) is 6.42 Å². The van der Waals surface area contributed by atoms with Crippen LogP contribution in [0.4, 0.5) is 0 Å². The monoisotopic (exact) mass is 381 g/mol. The Hall–Kier alpha value is -2.91. The van der Waals surface area contributed by atoms with Gasteiger partial charge >= 0.3 is 0 Å². The van der Waals surface area contributed by atoms with Crippen LogP contribution in [0.3, 0.4) is 0 Å². The number of hydrogen-bond acceptors (Lipinski definition) is 5. The van der Waals surface area contributed by atoms with Gasteiger partial charge in [0.05, 0.1) is 17.3 Å². The first-order valence-electron chi connectivity index (χ1n) is 8.47. The summed E-state index contributed by atoms with van der Waals surface area (Å²) in [6.45, 7) is 9.69. The van der Waals surface area contributed by atoms with Gasteiger partial charge in [0.2, 0.25) is 0 Å². The maximum Gasteiger partial charge on any atom is 0.146 e. The fraction of sp³-hybridized carbons (Fsp3) is 0.286. The summed E-state index contributed by atoms with van der Waals surface area (Å²) in [5.74, 6) is 3.28. The van der Waals surface area contributed by atoms with Crippen molar-refractivity contribution in [1.29, 1.82) is 0 Å². The van der Waals surface area contributed by atoms with Gasteiger partial charge in [-0.1, -0.05) is 35.9 Å². The molecule has 0 aliphatic heterocycles. The molecule has 2 aromatic rings. The van der Waals surface area contributed by atoms with E-state index in [1.165, 1.54) is 0 Å². The van der Waals surface area contributed by atoms with Crippen molar-refractivity contribution in [2.45, 2.75) is 32.4 Å². The standard InChI is InChI=1S/C21H23N3O2S/c1-6-10-25-23-14-21(4,5)24-20(27)15(3)26-18-8-9-19-17(12-18)11-16(7-2)13-22-19/h2,6,8-9,11-15H,1,10H2,3-5H3,(H,24,27). The third-order valence-corrected chi connectivity index (χ3v) is 4.02. The summed E-state index contributed by atoms with van der Waals surface area (Å²) in [5, 5.41) is 8.04. The van der Waals surface area contributed by atoms with Gasteiger partial charge in [-0.25, -0.2) is 0 Å². The molecule has 1 N–H and O–H groups in total. The number of oxime groups is 1. The summed E-state index contributed by atoms with van der Waals surface area (Å²) in [5.41, 5.74) is 1.10. The predicted molar refractivity (Wildman–Crippen MR) is 114 cm³/mol. The second-order valence-corrected chi connectivity index (χ2v) is 6.95. The van der Waals surface area contributed by atoms with Crippen LogP contribution in [0.1, 0.15) is 26.3 Å². The molecule has 1 unspecified atom stereocenters. The lowest BCUT2D eigenvalue weighted by Gasteiger charge is -2.26. The number of fused-ring (bicyclic) bond motifs is 1. The van der Waals surface area contributed by atoms with Crippen molar-refractivity contribution in [3.63, 3.8) is 0 Å². The minimum atomic E-state index is -0.481. The van der Waals surface area contributed by atoms with Crippen LogP contribution in [-0.2, 0) is 4.84 Å². The maximum absolute atomic E-state index is 5.97. The average Bonchev–Trinajstić information content (AvgIpc) is 2.64. The summed E-state index contributed by atoms with van der Waals surface area (Å²) in [4.78, 5) is 9.92. The number of nitrogens with zero attached hydrogens (tertiary/aromatic N) is 2. The Morgan fingerprint density at radius 3 is 2.96 bits per heavy atom. The van der Waals surface area contributed by atoms with Gasteiger partial charge in [0.25, 0.3) is 0 Å². The van der Waals surface area contributed by atoms with E-state index in [0.717, 1.165) is 16.5 Å². The Kier molecular flexibility index (Phi) is 6.91. The molecule has 0 bridgehead atoms. The molecule has 1 aromatic carbocycles. The molecule has 0 saturated carbocycles. The number of nitrogens with one attached hydrogen (secondary N) is 1. The number of thiocarbonyl (C=S) groups is 1. The van der Waals surface area contributed by atoms with Gasteiger partial charge in [0, 0.05) is 17.1 Å². The van der Waals surface area contributed by atoms with Crippen molar-refractivity contribution in [2.75, 3.05) is 6.61 Å². The highest BCUT2D eigenvalue weighted by Gasteiger charge is 2.20. The first kappa shape index (κ1) is 20.4. The molecule has 0 radical (unpaired) electrons. The lowest BCUT2D eigenvalue weighted by Crippen LogP contribution is -2.48. The Bertz CT molecular complexity index is 900. The zero-order chi connectivity index (χ0) is 19.9. The van der Waals surface area contributed by atoms with Crippen molar-refractivity contribution < 1.29 is 9.57 Å². The molecule has 1 aromatic heterocycles. The van der Waals surface area contributed by atoms with Crippen LogP contribution in [0, 0.1) is 12.3 Å². The van der Waals surface area contributed by atoms with Crippen molar-refractivity contribution in [1.82, 2.24) is 10.3 Å². The summed E-state index contributed by atoms with van der Waals surface area (Å²) in [6.07, 6.45) is 10.1. The highest BCUT2D eigenvalue weighted by molar-refractivity contribution is 7.80. The lowest BCUT2D eigenvalue weighted by molar-refractivity contribution is 0.174. The SMILES string of the molecule is C#Cc1cnc2ccc(OC(C)C(=S)NC(C)(C)C=NOCC=C)cc2c1. The number of benzene rings is 1. The van der Waals surface area contributed by atoms with Gasteiger partial charge in [-0.05, 0) is 45.0 Å². The summed E-state index contributed by atoms with van der Waals surface area (Å²) < 4.78 is 5.97. The maximum atomic E-state index is 5.97. The van der Waals surface area contributed by atoms with E-state index in [2.05, 4.69) is 28.0 Å². The van der Waals surface area contributed by atoms with Gasteiger partial charge in [0.15, 0.2) is 0 Å². The molecular formula is C21H23N3O2S. The van der Waals surface area contributed by atoms with Crippen LogP contribution in [0.2, 0.25) is 0 Å². The van der Waals surface area contributed by atoms with Gasteiger partial charge in [-0.3, -0.25) is 4.98 Å². The summed E-state index contributed by atoms with van der Waals surface area (Å²) in [6, 6.07) is 7.55. The van der Waals surface area contributed by atoms with E-state index in [0.29, 0.717) is 17.3 Å². The molecule has 0 fully saturated rings. The predicted octanol–water partition coefficient (Wildman–Crippen LogP) is 3.87. The molecule has 140 valence electrons. The van der Waals surface area contributed by atoms with Crippen LogP contribution in [-0.4, -0.2) is 34.4 Å². The Morgan fingerprint density at radius 2 is 2.26 bits per heavy atom. The zero-order valence-corrected chi connectivity index (χ0v) is 16.5. The van der Waals surface area contributed by atoms with E-state index in [1.54, 1.807) is 18.5 Å². The van der Waals surface area contributed by atoms with Crippen LogP contribution in [0.15, 0.2) is 48.3 Å². The van der Waals surface area contributed by atoms with Crippen molar-refractivity contribution in [2.24, 2.45) is 5.16 Å². The van der Waals surface area contributed by atoms with Crippen LogP contribution in [0.5, 0.6) is 5.75 Å². The third kappa shape index (κ3) is 6.08. The quantitative estimate of drug-likeness (QED) is 0.188. The normalized spacial score (nSPS) is 12.4. The number of aromatic nitrogens is 1. The van der Waals surface area contributed by atoms with E-state index in [1.807, 2.05) is 45.0 Å². The molecule has 1 atom stereocenters. The molecule has 0 aliphatic rings. The highest BCUT2D eigenvalue weighted by Crippen LogP contribution is 2.21. The van der Waals surface area contributed by atoms with Crippen molar-refractivity contribution in [3.05, 3.63) is 48.7 Å². The fourth-order valence-corrected chi connectivity index (χ4v) is 2.55. The van der Waals surface area contributed by atoms with Crippen LogP contribution < -0.4 is 10.1 Å². The minimum Gasteiger partial charge on any atom is -0.484 e. The first-order valence-corrected chi connectivity index (χ1v) is 8.88. The smallest absolute Gasteiger partial charge is 0.146 e. The molecule has 0 saturated heterocycles. The lowest BCUT2D eigenvalue weighted by atomic mass is 10.1. The number of hydrogen-bond donors (Lipinski definition) is 1. The van der Waals surface area contributed by atoms with Gasteiger partial charge in [0.1, 0.15) is 23.4 Å². The van der Waals surface area contributed by atoms with E-state index >= 15 is 0 Å². The summed E-state index contributed by atoms with van der Waals surface area (Å²) in [7, 11) is 0. The van der Waals surface area contributed by atoms with Crippen molar-refractivity contribution >= 4 is 34.3 Å². The second kappa shape index (κ2) is 9.15. The molecule has 1 heterocycles. The fourth-order valence-electron chi connectivity index (χ4n) is 2.24. The number of rotatable bonds is 8. The average molecular weight is 382 g/mol. The van der Waals surface area contributed by atoms with Gasteiger partial charge in [-0.2, -0.15) is 0 Å². The van der Waals surface area contributed by atoms with Crippen LogP contribution >= 0.6 is 12.2 Å².